The van der Waals surface area contributed by atoms with E-state index in [9.17, 15) is 4.39 Å². The second kappa shape index (κ2) is 5.14. The van der Waals surface area contributed by atoms with Gasteiger partial charge in [0.25, 0.3) is 0 Å². The van der Waals surface area contributed by atoms with Gasteiger partial charge < -0.3 is 4.57 Å². The summed E-state index contributed by atoms with van der Waals surface area (Å²) < 4.78 is 15.7. The summed E-state index contributed by atoms with van der Waals surface area (Å²) in [6.07, 6.45) is 0. The van der Waals surface area contributed by atoms with E-state index in [1.54, 1.807) is 23.8 Å². The molecule has 2 heterocycles. The first-order valence-electron chi connectivity index (χ1n) is 6.23. The topological polar surface area (TPSA) is 30.7 Å². The number of imidazole rings is 1. The molecule has 0 fully saturated rings. The Morgan fingerprint density at radius 3 is 2.90 bits per heavy atom. The fourth-order valence-corrected chi connectivity index (χ4v) is 2.93. The van der Waals surface area contributed by atoms with Crippen molar-refractivity contribution < 1.29 is 4.39 Å². The molecule has 0 aliphatic rings. The Morgan fingerprint density at radius 2 is 2.25 bits per heavy atom. The van der Waals surface area contributed by atoms with Crippen molar-refractivity contribution in [2.45, 2.75) is 25.8 Å². The molecule has 3 rings (SSSR count). The molecule has 0 aliphatic carbocycles. The van der Waals surface area contributed by atoms with Crippen molar-refractivity contribution in [2.75, 3.05) is 0 Å². The molecule has 1 unspecified atom stereocenters. The van der Waals surface area contributed by atoms with Gasteiger partial charge >= 0.3 is 0 Å². The lowest BCUT2D eigenvalue weighted by Crippen LogP contribution is -2.06. The summed E-state index contributed by atoms with van der Waals surface area (Å²) in [6.45, 7) is 4.21. The van der Waals surface area contributed by atoms with Gasteiger partial charge in [-0.25, -0.2) is 14.4 Å². The first-order chi connectivity index (χ1) is 9.56. The molecule has 0 spiro atoms. The van der Waals surface area contributed by atoms with E-state index in [2.05, 4.69) is 9.97 Å². The third-order valence-electron chi connectivity index (χ3n) is 3.22. The van der Waals surface area contributed by atoms with E-state index in [1.807, 2.05) is 22.9 Å². The van der Waals surface area contributed by atoms with Gasteiger partial charge in [-0.2, -0.15) is 0 Å². The van der Waals surface area contributed by atoms with E-state index >= 15 is 0 Å². The van der Waals surface area contributed by atoms with Gasteiger partial charge in [0.05, 0.1) is 34.2 Å². The van der Waals surface area contributed by atoms with Gasteiger partial charge in [0.2, 0.25) is 0 Å². The minimum absolute atomic E-state index is 0.246. The van der Waals surface area contributed by atoms with Gasteiger partial charge in [0.15, 0.2) is 0 Å². The Morgan fingerprint density at radius 1 is 1.45 bits per heavy atom. The van der Waals surface area contributed by atoms with Crippen LogP contribution in [-0.2, 0) is 6.54 Å². The van der Waals surface area contributed by atoms with Crippen LogP contribution in [0.3, 0.4) is 0 Å². The Hall–Kier alpha value is -1.46. The SMILES string of the molecule is Cc1cc2c(cc1F)nc(C(C)Cl)n2Cc1cscn1. The normalized spacial score (nSPS) is 13.0. The molecule has 104 valence electrons. The fraction of sp³-hybridized carbons (Fsp3) is 0.286. The molecular weight excluding hydrogens is 297 g/mol. The molecule has 1 atom stereocenters. The molecule has 0 amide bonds. The van der Waals surface area contributed by atoms with Gasteiger partial charge in [-0.05, 0) is 25.5 Å². The van der Waals surface area contributed by atoms with Crippen molar-refractivity contribution in [1.82, 2.24) is 14.5 Å². The lowest BCUT2D eigenvalue weighted by Gasteiger charge is -2.09. The van der Waals surface area contributed by atoms with Gasteiger partial charge in [-0.1, -0.05) is 0 Å². The summed E-state index contributed by atoms with van der Waals surface area (Å²) in [6, 6.07) is 3.28. The Balaban J connectivity index is 2.20. The summed E-state index contributed by atoms with van der Waals surface area (Å²) in [4.78, 5) is 8.75. The van der Waals surface area contributed by atoms with Crippen molar-refractivity contribution in [2.24, 2.45) is 0 Å². The summed E-state index contributed by atoms with van der Waals surface area (Å²) >= 11 is 7.75. The quantitative estimate of drug-likeness (QED) is 0.676. The van der Waals surface area contributed by atoms with E-state index in [4.69, 9.17) is 11.6 Å². The molecule has 3 nitrogen and oxygen atoms in total. The van der Waals surface area contributed by atoms with Crippen molar-refractivity contribution in [3.05, 3.63) is 45.9 Å². The molecule has 0 bridgehead atoms. The molecule has 6 heteroatoms. The smallest absolute Gasteiger partial charge is 0.128 e. The minimum Gasteiger partial charge on any atom is -0.321 e. The predicted molar refractivity (Wildman–Crippen MR) is 79.9 cm³/mol. The summed E-state index contributed by atoms with van der Waals surface area (Å²) in [5.74, 6) is 0.490. The number of hydrogen-bond donors (Lipinski definition) is 0. The van der Waals surface area contributed by atoms with Gasteiger partial charge in [-0.15, -0.1) is 22.9 Å². The highest BCUT2D eigenvalue weighted by Gasteiger charge is 2.17. The average molecular weight is 310 g/mol. The van der Waals surface area contributed by atoms with Crippen molar-refractivity contribution in [1.29, 1.82) is 0 Å². The standard InChI is InChI=1S/C14H13ClFN3S/c1-8-3-13-12(4-11(8)16)18-14(9(2)15)19(13)5-10-6-20-7-17-10/h3-4,6-7,9H,5H2,1-2H3. The zero-order valence-corrected chi connectivity index (χ0v) is 12.7. The second-order valence-corrected chi connectivity index (χ2v) is 6.12. The van der Waals surface area contributed by atoms with Crippen LogP contribution in [0.2, 0.25) is 0 Å². The van der Waals surface area contributed by atoms with E-state index in [1.165, 1.54) is 6.07 Å². The van der Waals surface area contributed by atoms with Crippen LogP contribution in [0.4, 0.5) is 4.39 Å². The highest BCUT2D eigenvalue weighted by molar-refractivity contribution is 7.07. The van der Waals surface area contributed by atoms with Crippen LogP contribution in [0.25, 0.3) is 11.0 Å². The zero-order valence-electron chi connectivity index (χ0n) is 11.1. The Kier molecular flexibility index (Phi) is 3.48. The molecule has 0 saturated heterocycles. The number of rotatable bonds is 3. The molecule has 2 aromatic heterocycles. The maximum Gasteiger partial charge on any atom is 0.128 e. The van der Waals surface area contributed by atoms with Crippen LogP contribution in [0.1, 0.15) is 29.4 Å². The minimum atomic E-state index is -0.246. The predicted octanol–water partition coefficient (Wildman–Crippen LogP) is 4.29. The van der Waals surface area contributed by atoms with Gasteiger partial charge in [0.1, 0.15) is 11.6 Å². The number of fused-ring (bicyclic) bond motifs is 1. The Labute approximate surface area is 125 Å². The molecule has 20 heavy (non-hydrogen) atoms. The number of halogens is 2. The molecular formula is C14H13ClFN3S. The number of alkyl halides is 1. The summed E-state index contributed by atoms with van der Waals surface area (Å²) in [5.41, 5.74) is 4.87. The highest BCUT2D eigenvalue weighted by atomic mass is 35.5. The lowest BCUT2D eigenvalue weighted by molar-refractivity contribution is 0.620. The van der Waals surface area contributed by atoms with Gasteiger partial charge in [-0.3, -0.25) is 0 Å². The number of hydrogen-bond acceptors (Lipinski definition) is 3. The maximum atomic E-state index is 13.7. The number of aromatic nitrogens is 3. The van der Waals surface area contributed by atoms with Crippen molar-refractivity contribution in [3.63, 3.8) is 0 Å². The van der Waals surface area contributed by atoms with Crippen molar-refractivity contribution >= 4 is 34.0 Å². The van der Waals surface area contributed by atoms with E-state index in [0.717, 1.165) is 17.0 Å². The Bertz CT molecular complexity index is 749. The first-order valence-corrected chi connectivity index (χ1v) is 7.61. The van der Waals surface area contributed by atoms with Gasteiger partial charge in [0, 0.05) is 11.4 Å². The summed E-state index contributed by atoms with van der Waals surface area (Å²) in [5, 5.41) is 1.75. The molecule has 0 aliphatic heterocycles. The molecule has 0 N–H and O–H groups in total. The first kappa shape index (κ1) is 13.5. The number of aryl methyl sites for hydroxylation is 1. The second-order valence-electron chi connectivity index (χ2n) is 4.74. The lowest BCUT2D eigenvalue weighted by atomic mass is 10.2. The highest BCUT2D eigenvalue weighted by Crippen LogP contribution is 2.27. The van der Waals surface area contributed by atoms with Crippen LogP contribution < -0.4 is 0 Å². The third-order valence-corrected chi connectivity index (χ3v) is 4.05. The summed E-state index contributed by atoms with van der Waals surface area (Å²) in [7, 11) is 0. The molecule has 0 radical (unpaired) electrons. The van der Waals surface area contributed by atoms with Crippen LogP contribution in [0.5, 0.6) is 0 Å². The van der Waals surface area contributed by atoms with Crippen LogP contribution in [-0.4, -0.2) is 14.5 Å². The van der Waals surface area contributed by atoms with Crippen LogP contribution >= 0.6 is 22.9 Å². The molecule has 1 aromatic carbocycles. The van der Waals surface area contributed by atoms with E-state index in [0.29, 0.717) is 17.6 Å². The van der Waals surface area contributed by atoms with Crippen molar-refractivity contribution in [3.8, 4) is 0 Å². The molecule has 0 saturated carbocycles. The maximum absolute atomic E-state index is 13.7. The van der Waals surface area contributed by atoms with Crippen LogP contribution in [0.15, 0.2) is 23.0 Å². The third kappa shape index (κ3) is 2.31. The van der Waals surface area contributed by atoms with E-state index in [-0.39, 0.29) is 11.2 Å². The average Bonchev–Trinajstić information content (AvgIpc) is 3.00. The molecule has 3 aromatic rings. The fourth-order valence-electron chi connectivity index (χ4n) is 2.22. The number of nitrogens with zero attached hydrogens (tertiary/aromatic N) is 3. The monoisotopic (exact) mass is 309 g/mol. The zero-order chi connectivity index (χ0) is 14.3. The largest absolute Gasteiger partial charge is 0.321 e. The van der Waals surface area contributed by atoms with E-state index < -0.39 is 0 Å². The number of benzene rings is 1. The van der Waals surface area contributed by atoms with Crippen LogP contribution in [0, 0.1) is 12.7 Å². The number of thiazole rings is 1.